The zero-order valence-corrected chi connectivity index (χ0v) is 12.8. The standard InChI is InChI=1S/C13H17Cl2N3O2/c1-3-6-16-12(19)8(2)17-13(20)18-9-4-5-10(14)11(15)7-9/h4-5,7-8H,3,6H2,1-2H3,(H,16,19)(H2,17,18,20)/t8-/m0/s1. The first kappa shape index (κ1) is 16.6. The van der Waals surface area contributed by atoms with Gasteiger partial charge in [0.2, 0.25) is 5.91 Å². The Kier molecular flexibility index (Phi) is 6.61. The largest absolute Gasteiger partial charge is 0.354 e. The minimum absolute atomic E-state index is 0.226. The molecule has 0 fully saturated rings. The number of carbonyl (C=O) groups is 2. The van der Waals surface area contributed by atoms with Gasteiger partial charge in [-0.05, 0) is 31.5 Å². The van der Waals surface area contributed by atoms with Crippen molar-refractivity contribution in [1.29, 1.82) is 0 Å². The Morgan fingerprint density at radius 1 is 1.25 bits per heavy atom. The summed E-state index contributed by atoms with van der Waals surface area (Å²) in [6.07, 6.45) is 0.841. The number of halogens is 2. The Morgan fingerprint density at radius 3 is 2.55 bits per heavy atom. The van der Waals surface area contributed by atoms with E-state index in [9.17, 15) is 9.59 Å². The third-order valence-electron chi connectivity index (χ3n) is 2.47. The van der Waals surface area contributed by atoms with Crippen LogP contribution in [-0.2, 0) is 4.79 Å². The van der Waals surface area contributed by atoms with Gasteiger partial charge in [0.1, 0.15) is 6.04 Å². The van der Waals surface area contributed by atoms with Crippen molar-refractivity contribution in [3.63, 3.8) is 0 Å². The van der Waals surface area contributed by atoms with Gasteiger partial charge in [0.05, 0.1) is 10.0 Å². The number of anilines is 1. The van der Waals surface area contributed by atoms with Crippen LogP contribution in [0.3, 0.4) is 0 Å². The van der Waals surface area contributed by atoms with E-state index < -0.39 is 12.1 Å². The summed E-state index contributed by atoms with van der Waals surface area (Å²) in [5, 5.41) is 8.56. The lowest BCUT2D eigenvalue weighted by Crippen LogP contribution is -2.46. The van der Waals surface area contributed by atoms with Gasteiger partial charge in [0, 0.05) is 12.2 Å². The third kappa shape index (κ3) is 5.27. The van der Waals surface area contributed by atoms with Crippen LogP contribution < -0.4 is 16.0 Å². The quantitative estimate of drug-likeness (QED) is 0.781. The summed E-state index contributed by atoms with van der Waals surface area (Å²) < 4.78 is 0. The summed E-state index contributed by atoms with van der Waals surface area (Å²) >= 11 is 11.6. The van der Waals surface area contributed by atoms with E-state index in [4.69, 9.17) is 23.2 Å². The van der Waals surface area contributed by atoms with Crippen LogP contribution in [0.25, 0.3) is 0 Å². The van der Waals surface area contributed by atoms with Gasteiger partial charge in [-0.1, -0.05) is 30.1 Å². The van der Waals surface area contributed by atoms with Crippen LogP contribution in [0.5, 0.6) is 0 Å². The number of nitrogens with one attached hydrogen (secondary N) is 3. The molecule has 0 saturated heterocycles. The summed E-state index contributed by atoms with van der Waals surface area (Å²) in [6, 6.07) is 3.63. The van der Waals surface area contributed by atoms with Gasteiger partial charge in [0.15, 0.2) is 0 Å². The van der Waals surface area contributed by atoms with Crippen molar-refractivity contribution in [2.45, 2.75) is 26.3 Å². The van der Waals surface area contributed by atoms with Crippen LogP contribution >= 0.6 is 23.2 Å². The van der Waals surface area contributed by atoms with Crippen molar-refractivity contribution in [3.8, 4) is 0 Å². The normalized spacial score (nSPS) is 11.6. The highest BCUT2D eigenvalue weighted by molar-refractivity contribution is 6.42. The van der Waals surface area contributed by atoms with Crippen molar-refractivity contribution in [1.82, 2.24) is 10.6 Å². The van der Waals surface area contributed by atoms with E-state index in [1.165, 1.54) is 6.07 Å². The lowest BCUT2D eigenvalue weighted by Gasteiger charge is -2.14. The van der Waals surface area contributed by atoms with E-state index >= 15 is 0 Å². The van der Waals surface area contributed by atoms with Crippen molar-refractivity contribution < 1.29 is 9.59 Å². The molecule has 0 saturated carbocycles. The molecule has 3 amide bonds. The fraction of sp³-hybridized carbons (Fsp3) is 0.385. The maximum Gasteiger partial charge on any atom is 0.319 e. The summed E-state index contributed by atoms with van der Waals surface area (Å²) in [5.74, 6) is -0.226. The molecule has 0 aromatic heterocycles. The van der Waals surface area contributed by atoms with Crippen LogP contribution in [0.4, 0.5) is 10.5 Å². The fourth-order valence-corrected chi connectivity index (χ4v) is 1.70. The Balaban J connectivity index is 2.50. The van der Waals surface area contributed by atoms with Gasteiger partial charge in [-0.25, -0.2) is 4.79 Å². The molecule has 0 heterocycles. The monoisotopic (exact) mass is 317 g/mol. The van der Waals surface area contributed by atoms with Crippen LogP contribution in [0.2, 0.25) is 10.0 Å². The second-order valence-electron chi connectivity index (χ2n) is 4.24. The predicted molar refractivity (Wildman–Crippen MR) is 81.4 cm³/mol. The minimum Gasteiger partial charge on any atom is -0.354 e. The second-order valence-corrected chi connectivity index (χ2v) is 5.05. The summed E-state index contributed by atoms with van der Waals surface area (Å²) in [5.41, 5.74) is 0.498. The zero-order chi connectivity index (χ0) is 15.1. The minimum atomic E-state index is -0.621. The summed E-state index contributed by atoms with van der Waals surface area (Å²) in [6.45, 7) is 4.15. The van der Waals surface area contributed by atoms with Gasteiger partial charge in [0.25, 0.3) is 0 Å². The average Bonchev–Trinajstić information content (AvgIpc) is 2.40. The van der Waals surface area contributed by atoms with E-state index in [0.29, 0.717) is 22.3 Å². The van der Waals surface area contributed by atoms with E-state index in [1.54, 1.807) is 19.1 Å². The Bertz CT molecular complexity index is 495. The van der Waals surface area contributed by atoms with Gasteiger partial charge in [-0.2, -0.15) is 0 Å². The first-order valence-electron chi connectivity index (χ1n) is 6.24. The van der Waals surface area contributed by atoms with Crippen LogP contribution in [0.1, 0.15) is 20.3 Å². The SMILES string of the molecule is CCCNC(=O)[C@H](C)NC(=O)Nc1ccc(Cl)c(Cl)c1. The molecule has 1 aromatic rings. The van der Waals surface area contributed by atoms with Gasteiger partial charge >= 0.3 is 6.03 Å². The van der Waals surface area contributed by atoms with Crippen molar-refractivity contribution in [2.75, 3.05) is 11.9 Å². The molecular weight excluding hydrogens is 301 g/mol. The summed E-state index contributed by atoms with van der Waals surface area (Å²) in [4.78, 5) is 23.3. The fourth-order valence-electron chi connectivity index (χ4n) is 1.40. The highest BCUT2D eigenvalue weighted by Crippen LogP contribution is 2.24. The third-order valence-corrected chi connectivity index (χ3v) is 3.21. The van der Waals surface area contributed by atoms with E-state index in [0.717, 1.165) is 6.42 Å². The molecule has 0 aliphatic rings. The van der Waals surface area contributed by atoms with Crippen LogP contribution in [0.15, 0.2) is 18.2 Å². The number of benzene rings is 1. The number of rotatable bonds is 5. The molecular formula is C13H17Cl2N3O2. The average molecular weight is 318 g/mol. The zero-order valence-electron chi connectivity index (χ0n) is 11.3. The number of carbonyl (C=O) groups excluding carboxylic acids is 2. The molecule has 0 aliphatic heterocycles. The Morgan fingerprint density at radius 2 is 1.95 bits per heavy atom. The van der Waals surface area contributed by atoms with Gasteiger partial charge in [-0.15, -0.1) is 0 Å². The number of amides is 3. The predicted octanol–water partition coefficient (Wildman–Crippen LogP) is 3.03. The van der Waals surface area contributed by atoms with Gasteiger partial charge in [-0.3, -0.25) is 4.79 Å². The lowest BCUT2D eigenvalue weighted by atomic mass is 10.3. The molecule has 0 bridgehead atoms. The molecule has 20 heavy (non-hydrogen) atoms. The Hall–Kier alpha value is -1.46. The number of hydrogen-bond acceptors (Lipinski definition) is 2. The molecule has 1 atom stereocenters. The second kappa shape index (κ2) is 7.97. The molecule has 0 aliphatic carbocycles. The Labute approximate surface area is 128 Å². The lowest BCUT2D eigenvalue weighted by molar-refractivity contribution is -0.122. The maximum absolute atomic E-state index is 11.7. The molecule has 0 unspecified atom stereocenters. The first-order valence-corrected chi connectivity index (χ1v) is 7.00. The highest BCUT2D eigenvalue weighted by atomic mass is 35.5. The van der Waals surface area contributed by atoms with Crippen molar-refractivity contribution >= 4 is 40.8 Å². The molecule has 1 rings (SSSR count). The van der Waals surface area contributed by atoms with E-state index in [-0.39, 0.29) is 5.91 Å². The molecule has 7 heteroatoms. The van der Waals surface area contributed by atoms with Crippen LogP contribution in [-0.4, -0.2) is 24.5 Å². The molecule has 1 aromatic carbocycles. The van der Waals surface area contributed by atoms with Crippen molar-refractivity contribution in [2.24, 2.45) is 0 Å². The number of hydrogen-bond donors (Lipinski definition) is 3. The highest BCUT2D eigenvalue weighted by Gasteiger charge is 2.14. The first-order chi connectivity index (χ1) is 9.43. The van der Waals surface area contributed by atoms with E-state index in [1.807, 2.05) is 6.92 Å². The summed E-state index contributed by atoms with van der Waals surface area (Å²) in [7, 11) is 0. The van der Waals surface area contributed by atoms with Gasteiger partial charge < -0.3 is 16.0 Å². The number of urea groups is 1. The molecule has 3 N–H and O–H groups in total. The maximum atomic E-state index is 11.7. The van der Waals surface area contributed by atoms with Crippen LogP contribution in [0, 0.1) is 0 Å². The topological polar surface area (TPSA) is 70.2 Å². The smallest absolute Gasteiger partial charge is 0.319 e. The molecule has 5 nitrogen and oxygen atoms in total. The molecule has 110 valence electrons. The molecule has 0 spiro atoms. The van der Waals surface area contributed by atoms with Crippen molar-refractivity contribution in [3.05, 3.63) is 28.2 Å². The molecule has 0 radical (unpaired) electrons. The van der Waals surface area contributed by atoms with E-state index in [2.05, 4.69) is 16.0 Å².